The van der Waals surface area contributed by atoms with E-state index < -0.39 is 5.91 Å². The highest BCUT2D eigenvalue weighted by atomic mass is 127. The number of halogens is 3. The van der Waals surface area contributed by atoms with Gasteiger partial charge in [0.2, 0.25) is 0 Å². The molecule has 22 heavy (non-hydrogen) atoms. The van der Waals surface area contributed by atoms with Crippen molar-refractivity contribution in [1.29, 1.82) is 0 Å². The number of phenols is 1. The summed E-state index contributed by atoms with van der Waals surface area (Å²) >= 11 is 10.2. The minimum atomic E-state index is -0.402. The van der Waals surface area contributed by atoms with Crippen LogP contribution in [0.25, 0.3) is 0 Å². The van der Waals surface area contributed by atoms with Gasteiger partial charge in [-0.05, 0) is 81.9 Å². The highest BCUT2D eigenvalue weighted by Crippen LogP contribution is 2.25. The van der Waals surface area contributed by atoms with E-state index in [1.54, 1.807) is 24.3 Å². The lowest BCUT2D eigenvalue weighted by Gasteiger charge is -2.05. The molecule has 0 saturated carbocycles. The van der Waals surface area contributed by atoms with Crippen molar-refractivity contribution in [2.24, 2.45) is 5.10 Å². The molecule has 0 saturated heterocycles. The Bertz CT molecular complexity index is 763. The molecule has 0 fully saturated rings. The highest BCUT2D eigenvalue weighted by Gasteiger charge is 2.09. The summed E-state index contributed by atoms with van der Waals surface area (Å²) in [7, 11) is 0. The maximum Gasteiger partial charge on any atom is 0.272 e. The second-order valence-electron chi connectivity index (χ2n) is 4.51. The number of rotatable bonds is 3. The lowest BCUT2D eigenvalue weighted by Crippen LogP contribution is -2.18. The van der Waals surface area contributed by atoms with Crippen LogP contribution in [0.2, 0.25) is 5.02 Å². The Morgan fingerprint density at radius 1 is 1.32 bits per heavy atom. The second-order valence-corrected chi connectivity index (χ2v) is 7.32. The summed E-state index contributed by atoms with van der Waals surface area (Å²) < 4.78 is 1.69. The van der Waals surface area contributed by atoms with Crippen LogP contribution in [0, 0.1) is 14.1 Å². The number of benzene rings is 2. The number of hydrogen-bond donors (Lipinski definition) is 2. The molecule has 0 aliphatic carbocycles. The fourth-order valence-corrected chi connectivity index (χ4v) is 3.92. The first-order valence-electron chi connectivity index (χ1n) is 6.16. The molecular weight excluding hydrogens is 529 g/mol. The van der Waals surface area contributed by atoms with Crippen LogP contribution in [0.1, 0.15) is 21.5 Å². The van der Waals surface area contributed by atoms with Gasteiger partial charge in [0.05, 0.1) is 20.4 Å². The number of amides is 1. The molecule has 0 spiro atoms. The van der Waals surface area contributed by atoms with Crippen molar-refractivity contribution in [3.05, 3.63) is 59.2 Å². The SMILES string of the molecule is Cc1ccc(C(=O)N/N=C\c2cc(I)cc(I)c2O)c(Cl)c1. The molecule has 2 N–H and O–H groups in total. The number of aromatic hydroxyl groups is 1. The van der Waals surface area contributed by atoms with Crippen LogP contribution in [0.5, 0.6) is 5.75 Å². The van der Waals surface area contributed by atoms with Gasteiger partial charge in [0.1, 0.15) is 5.75 Å². The van der Waals surface area contributed by atoms with Gasteiger partial charge < -0.3 is 5.11 Å². The Kier molecular flexibility index (Phi) is 6.04. The molecule has 7 heteroatoms. The predicted octanol–water partition coefficient (Wildman–Crippen LogP) is 4.33. The van der Waals surface area contributed by atoms with Crippen LogP contribution in [-0.4, -0.2) is 17.2 Å². The minimum absolute atomic E-state index is 0.132. The fraction of sp³-hybridized carbons (Fsp3) is 0.0667. The zero-order valence-electron chi connectivity index (χ0n) is 11.4. The largest absolute Gasteiger partial charge is 0.506 e. The average Bonchev–Trinajstić information content (AvgIpc) is 2.43. The lowest BCUT2D eigenvalue weighted by atomic mass is 10.1. The Morgan fingerprint density at radius 3 is 2.73 bits per heavy atom. The number of aryl methyl sites for hydroxylation is 1. The molecule has 0 unspecified atom stereocenters. The Hall–Kier alpha value is -0.870. The molecule has 1 amide bonds. The van der Waals surface area contributed by atoms with Gasteiger partial charge in [-0.3, -0.25) is 4.79 Å². The third-order valence-corrected chi connectivity index (χ3v) is 4.55. The van der Waals surface area contributed by atoms with Crippen molar-refractivity contribution in [3.63, 3.8) is 0 Å². The van der Waals surface area contributed by atoms with Crippen LogP contribution in [0.3, 0.4) is 0 Å². The van der Waals surface area contributed by atoms with Gasteiger partial charge >= 0.3 is 0 Å². The molecule has 0 aliphatic heterocycles. The molecule has 0 heterocycles. The first-order chi connectivity index (χ1) is 10.4. The van der Waals surface area contributed by atoms with Crippen LogP contribution in [0.4, 0.5) is 0 Å². The van der Waals surface area contributed by atoms with Gasteiger partial charge in [-0.15, -0.1) is 0 Å². The molecular formula is C15H11ClI2N2O2. The molecule has 0 atom stereocenters. The van der Waals surface area contributed by atoms with Crippen molar-refractivity contribution in [3.8, 4) is 5.75 Å². The summed E-state index contributed by atoms with van der Waals surface area (Å²) in [5, 5.41) is 14.2. The lowest BCUT2D eigenvalue weighted by molar-refractivity contribution is 0.0955. The maximum absolute atomic E-state index is 12.0. The molecule has 0 aliphatic rings. The number of hydrogen-bond acceptors (Lipinski definition) is 3. The number of hydrazone groups is 1. The third kappa shape index (κ3) is 4.32. The molecule has 114 valence electrons. The van der Waals surface area contributed by atoms with Crippen molar-refractivity contribution >= 4 is 68.9 Å². The standard InChI is InChI=1S/C15H11ClI2N2O2/c1-8-2-3-11(12(16)4-8)15(22)20-19-7-9-5-10(17)6-13(18)14(9)21/h2-7,21H,1H3,(H,20,22)/b19-7-. The van der Waals surface area contributed by atoms with E-state index in [4.69, 9.17) is 11.6 Å². The summed E-state index contributed by atoms with van der Waals surface area (Å²) in [6, 6.07) is 8.78. The second kappa shape index (κ2) is 7.60. The van der Waals surface area contributed by atoms with Crippen LogP contribution in [-0.2, 0) is 0 Å². The summed E-state index contributed by atoms with van der Waals surface area (Å²) in [6.45, 7) is 1.90. The normalized spacial score (nSPS) is 10.9. The molecule has 0 radical (unpaired) electrons. The van der Waals surface area contributed by atoms with E-state index in [9.17, 15) is 9.90 Å². The summed E-state index contributed by atoms with van der Waals surface area (Å²) in [6.07, 6.45) is 1.40. The van der Waals surface area contributed by atoms with E-state index >= 15 is 0 Å². The number of carbonyl (C=O) groups is 1. The Balaban J connectivity index is 2.14. The van der Waals surface area contributed by atoms with Crippen molar-refractivity contribution < 1.29 is 9.90 Å². The van der Waals surface area contributed by atoms with Gasteiger partial charge in [0.25, 0.3) is 5.91 Å². The molecule has 4 nitrogen and oxygen atoms in total. The first kappa shape index (κ1) is 17.5. The predicted molar refractivity (Wildman–Crippen MR) is 105 cm³/mol. The average molecular weight is 541 g/mol. The molecule has 0 aromatic heterocycles. The number of nitrogens with zero attached hydrogens (tertiary/aromatic N) is 1. The van der Waals surface area contributed by atoms with E-state index in [2.05, 4.69) is 33.1 Å². The quantitative estimate of drug-likeness (QED) is 0.346. The smallest absolute Gasteiger partial charge is 0.272 e. The van der Waals surface area contributed by atoms with E-state index in [1.807, 2.05) is 35.6 Å². The molecule has 2 aromatic rings. The monoisotopic (exact) mass is 540 g/mol. The zero-order chi connectivity index (χ0) is 16.3. The van der Waals surface area contributed by atoms with E-state index in [0.29, 0.717) is 16.1 Å². The van der Waals surface area contributed by atoms with E-state index in [-0.39, 0.29) is 5.75 Å². The topological polar surface area (TPSA) is 61.7 Å². The third-order valence-electron chi connectivity index (χ3n) is 2.80. The maximum atomic E-state index is 12.0. The number of nitrogens with one attached hydrogen (secondary N) is 1. The van der Waals surface area contributed by atoms with Crippen molar-refractivity contribution in [2.45, 2.75) is 6.92 Å². The minimum Gasteiger partial charge on any atom is -0.506 e. The van der Waals surface area contributed by atoms with Crippen molar-refractivity contribution in [1.82, 2.24) is 5.43 Å². The van der Waals surface area contributed by atoms with Gasteiger partial charge in [-0.25, -0.2) is 5.43 Å². The number of carbonyl (C=O) groups excluding carboxylic acids is 1. The summed E-state index contributed by atoms with van der Waals surface area (Å²) in [4.78, 5) is 12.0. The fourth-order valence-electron chi connectivity index (χ4n) is 1.71. The van der Waals surface area contributed by atoms with Crippen LogP contribution >= 0.6 is 56.8 Å². The highest BCUT2D eigenvalue weighted by molar-refractivity contribution is 14.1. The summed E-state index contributed by atoms with van der Waals surface area (Å²) in [5.74, 6) is -0.270. The first-order valence-corrected chi connectivity index (χ1v) is 8.69. The molecule has 2 rings (SSSR count). The summed E-state index contributed by atoms with van der Waals surface area (Å²) in [5.41, 5.74) is 4.27. The zero-order valence-corrected chi connectivity index (χ0v) is 16.5. The van der Waals surface area contributed by atoms with E-state index in [0.717, 1.165) is 12.7 Å². The van der Waals surface area contributed by atoms with Gasteiger partial charge in [-0.1, -0.05) is 17.7 Å². The Labute approximate surface area is 160 Å². The molecule has 2 aromatic carbocycles. The molecule has 0 bridgehead atoms. The van der Waals surface area contributed by atoms with Crippen molar-refractivity contribution in [2.75, 3.05) is 0 Å². The van der Waals surface area contributed by atoms with Crippen LogP contribution < -0.4 is 5.43 Å². The van der Waals surface area contributed by atoms with E-state index in [1.165, 1.54) is 6.21 Å². The number of phenolic OH excluding ortho intramolecular Hbond substituents is 1. The van der Waals surface area contributed by atoms with Gasteiger partial charge in [-0.2, -0.15) is 5.10 Å². The van der Waals surface area contributed by atoms with Crippen LogP contribution in [0.15, 0.2) is 35.4 Å². The Morgan fingerprint density at radius 2 is 2.05 bits per heavy atom. The van der Waals surface area contributed by atoms with Gasteiger partial charge in [0.15, 0.2) is 0 Å². The van der Waals surface area contributed by atoms with Gasteiger partial charge in [0, 0.05) is 9.13 Å².